The summed E-state index contributed by atoms with van der Waals surface area (Å²) in [6.45, 7) is 11.4. The first kappa shape index (κ1) is 17.3. The second-order valence-electron chi connectivity index (χ2n) is 4.65. The molecule has 0 unspecified atom stereocenters. The van der Waals surface area contributed by atoms with E-state index in [0.717, 1.165) is 0 Å². The van der Waals surface area contributed by atoms with Crippen LogP contribution in [0.4, 0.5) is 0 Å². The lowest BCUT2D eigenvalue weighted by Gasteiger charge is -2.13. The number of carbonyl (C=O) groups is 2. The molecule has 0 rings (SSSR count). The number of methoxy groups -OCH3 is 1. The Morgan fingerprint density at radius 1 is 1.19 bits per heavy atom. The molecule has 0 atom stereocenters. The smallest absolute Gasteiger partial charge is 0.310 e. The Labute approximate surface area is 98.3 Å². The summed E-state index contributed by atoms with van der Waals surface area (Å²) in [6, 6.07) is 0. The molecule has 96 valence electrons. The van der Waals surface area contributed by atoms with Gasteiger partial charge in [0.05, 0.1) is 25.0 Å². The maximum Gasteiger partial charge on any atom is 0.310 e. The largest absolute Gasteiger partial charge is 0.469 e. The fourth-order valence-corrected chi connectivity index (χ4v) is 0.615. The molecule has 0 N–H and O–H groups in total. The van der Waals surface area contributed by atoms with Crippen LogP contribution < -0.4 is 0 Å². The number of rotatable bonds is 2. The maximum absolute atomic E-state index is 10.6. The molecule has 0 radical (unpaired) electrons. The highest BCUT2D eigenvalue weighted by Crippen LogP contribution is 2.13. The van der Waals surface area contributed by atoms with Gasteiger partial charge in [-0.05, 0) is 27.7 Å². The van der Waals surface area contributed by atoms with Crippen molar-refractivity contribution < 1.29 is 19.1 Å². The van der Waals surface area contributed by atoms with Gasteiger partial charge in [-0.15, -0.1) is 0 Å². The molecule has 0 aliphatic rings. The molecule has 0 aliphatic heterocycles. The van der Waals surface area contributed by atoms with E-state index in [1.54, 1.807) is 6.92 Å². The maximum atomic E-state index is 10.6. The summed E-state index contributed by atoms with van der Waals surface area (Å²) >= 11 is 0. The fraction of sp³-hybridized carbons (Fsp3) is 0.833. The van der Waals surface area contributed by atoms with Crippen LogP contribution in [0.25, 0.3) is 0 Å². The molecule has 4 heteroatoms. The van der Waals surface area contributed by atoms with Crippen molar-refractivity contribution in [3.63, 3.8) is 0 Å². The zero-order valence-electron chi connectivity index (χ0n) is 11.4. The zero-order chi connectivity index (χ0) is 13.4. The predicted octanol–water partition coefficient (Wildman–Crippen LogP) is 2.41. The Kier molecular flexibility index (Phi) is 8.81. The molecule has 0 aromatic rings. The molecular weight excluding hydrogens is 208 g/mol. The highest BCUT2D eigenvalue weighted by Gasteiger charge is 2.21. The lowest BCUT2D eigenvalue weighted by atomic mass is 9.98. The molecule has 0 amide bonds. The number of esters is 2. The van der Waals surface area contributed by atoms with Gasteiger partial charge in [-0.3, -0.25) is 9.59 Å². The molecule has 0 saturated heterocycles. The van der Waals surface area contributed by atoms with Gasteiger partial charge in [0.15, 0.2) is 0 Å². The van der Waals surface area contributed by atoms with Gasteiger partial charge in [0, 0.05) is 0 Å². The van der Waals surface area contributed by atoms with Gasteiger partial charge in [-0.1, -0.05) is 13.8 Å². The molecular formula is C12H24O4. The van der Waals surface area contributed by atoms with Crippen LogP contribution in [0.15, 0.2) is 0 Å². The number of ether oxygens (including phenoxy) is 2. The van der Waals surface area contributed by atoms with Gasteiger partial charge in [-0.2, -0.15) is 0 Å². The van der Waals surface area contributed by atoms with Crippen LogP contribution >= 0.6 is 0 Å². The third-order valence-corrected chi connectivity index (χ3v) is 1.56. The fourth-order valence-electron chi connectivity index (χ4n) is 0.615. The molecule has 0 aliphatic carbocycles. The molecule has 0 saturated carbocycles. The van der Waals surface area contributed by atoms with Crippen LogP contribution in [0.5, 0.6) is 0 Å². The van der Waals surface area contributed by atoms with E-state index < -0.39 is 0 Å². The van der Waals surface area contributed by atoms with Crippen LogP contribution in [-0.4, -0.2) is 25.7 Å². The standard InChI is InChI=1S/2C6H12O2/c1-6(2,3)5(7)8-4;1-4-8-6(7)5(2)3/h1-4H3;5H,4H2,1-3H3. The van der Waals surface area contributed by atoms with Crippen LogP contribution in [-0.2, 0) is 19.1 Å². The van der Waals surface area contributed by atoms with Crippen molar-refractivity contribution in [2.75, 3.05) is 13.7 Å². The lowest BCUT2D eigenvalue weighted by molar-refractivity contribution is -0.149. The third kappa shape index (κ3) is 9.49. The van der Waals surface area contributed by atoms with E-state index >= 15 is 0 Å². The van der Waals surface area contributed by atoms with Gasteiger partial charge >= 0.3 is 11.9 Å². The van der Waals surface area contributed by atoms with Crippen molar-refractivity contribution in [1.29, 1.82) is 0 Å². The van der Waals surface area contributed by atoms with Gasteiger partial charge in [0.2, 0.25) is 0 Å². The normalized spacial score (nSPS) is 10.2. The van der Waals surface area contributed by atoms with Gasteiger partial charge in [0.25, 0.3) is 0 Å². The van der Waals surface area contributed by atoms with Gasteiger partial charge in [-0.25, -0.2) is 0 Å². The van der Waals surface area contributed by atoms with Crippen molar-refractivity contribution in [3.8, 4) is 0 Å². The predicted molar refractivity (Wildman–Crippen MR) is 62.9 cm³/mol. The number of hydrogen-bond donors (Lipinski definition) is 0. The summed E-state index contributed by atoms with van der Waals surface area (Å²) in [7, 11) is 1.40. The van der Waals surface area contributed by atoms with E-state index in [0.29, 0.717) is 6.61 Å². The zero-order valence-corrected chi connectivity index (χ0v) is 11.4. The minimum absolute atomic E-state index is 0.00921. The SMILES string of the molecule is CCOC(=O)C(C)C.COC(=O)C(C)(C)C. The topological polar surface area (TPSA) is 52.6 Å². The third-order valence-electron chi connectivity index (χ3n) is 1.56. The van der Waals surface area contributed by atoms with Crippen molar-refractivity contribution in [3.05, 3.63) is 0 Å². The highest BCUT2D eigenvalue weighted by atomic mass is 16.5. The van der Waals surface area contributed by atoms with Crippen LogP contribution in [0.3, 0.4) is 0 Å². The second-order valence-corrected chi connectivity index (χ2v) is 4.65. The minimum Gasteiger partial charge on any atom is -0.469 e. The summed E-state index contributed by atoms with van der Waals surface area (Å²) in [5, 5.41) is 0. The first-order chi connectivity index (χ1) is 7.16. The molecule has 4 nitrogen and oxygen atoms in total. The molecule has 16 heavy (non-hydrogen) atoms. The molecule has 0 aromatic carbocycles. The Morgan fingerprint density at radius 3 is 1.69 bits per heavy atom. The summed E-state index contributed by atoms with van der Waals surface area (Å²) < 4.78 is 9.14. The molecule has 0 spiro atoms. The van der Waals surface area contributed by atoms with E-state index in [1.807, 2.05) is 34.6 Å². The van der Waals surface area contributed by atoms with E-state index in [2.05, 4.69) is 9.47 Å². The Bertz CT molecular complexity index is 214. The average Bonchev–Trinajstić information content (AvgIpc) is 2.16. The summed E-state index contributed by atoms with van der Waals surface area (Å²) in [5.74, 6) is -0.278. The number of carbonyl (C=O) groups excluding carboxylic acids is 2. The summed E-state index contributed by atoms with van der Waals surface area (Å²) in [5.41, 5.74) is -0.352. The van der Waals surface area contributed by atoms with Crippen molar-refractivity contribution in [1.82, 2.24) is 0 Å². The van der Waals surface area contributed by atoms with Crippen LogP contribution in [0.1, 0.15) is 41.5 Å². The summed E-state index contributed by atoms with van der Waals surface area (Å²) in [4.78, 5) is 21.1. The summed E-state index contributed by atoms with van der Waals surface area (Å²) in [6.07, 6.45) is 0. The van der Waals surface area contributed by atoms with E-state index in [1.165, 1.54) is 7.11 Å². The molecule has 0 bridgehead atoms. The first-order valence-corrected chi connectivity index (χ1v) is 5.41. The number of hydrogen-bond acceptors (Lipinski definition) is 4. The monoisotopic (exact) mass is 232 g/mol. The highest BCUT2D eigenvalue weighted by molar-refractivity contribution is 5.75. The lowest BCUT2D eigenvalue weighted by Crippen LogP contribution is -2.21. The van der Waals surface area contributed by atoms with Gasteiger partial charge < -0.3 is 9.47 Å². The second kappa shape index (κ2) is 8.13. The molecule has 0 fully saturated rings. The average molecular weight is 232 g/mol. The Balaban J connectivity index is 0. The van der Waals surface area contributed by atoms with Gasteiger partial charge in [0.1, 0.15) is 0 Å². The quantitative estimate of drug-likeness (QED) is 0.686. The first-order valence-electron chi connectivity index (χ1n) is 5.41. The molecule has 0 aromatic heterocycles. The Hall–Kier alpha value is -1.06. The van der Waals surface area contributed by atoms with Crippen molar-refractivity contribution in [2.45, 2.75) is 41.5 Å². The minimum atomic E-state index is -0.352. The van der Waals surface area contributed by atoms with Crippen LogP contribution in [0, 0.1) is 11.3 Å². The van der Waals surface area contributed by atoms with E-state index in [4.69, 9.17) is 0 Å². The Morgan fingerprint density at radius 2 is 1.62 bits per heavy atom. The molecule has 0 heterocycles. The van der Waals surface area contributed by atoms with Crippen LogP contribution in [0.2, 0.25) is 0 Å². The van der Waals surface area contributed by atoms with Crippen molar-refractivity contribution in [2.24, 2.45) is 11.3 Å². The van der Waals surface area contributed by atoms with Crippen molar-refractivity contribution >= 4 is 11.9 Å². The van der Waals surface area contributed by atoms with E-state index in [9.17, 15) is 9.59 Å². The van der Waals surface area contributed by atoms with E-state index in [-0.39, 0.29) is 23.3 Å².